The van der Waals surface area contributed by atoms with Crippen molar-refractivity contribution in [2.24, 2.45) is 5.11 Å². The van der Waals surface area contributed by atoms with E-state index in [9.17, 15) is 42.3 Å². The maximum absolute atomic E-state index is 13.0. The predicted octanol–water partition coefficient (Wildman–Crippen LogP) is 1.54. The quantitative estimate of drug-likeness (QED) is 0.0575. The van der Waals surface area contributed by atoms with E-state index in [-0.39, 0.29) is 17.1 Å². The Morgan fingerprint density at radius 2 is 1.97 bits per heavy atom. The third kappa shape index (κ3) is 5.48. The number of imide groups is 1. The first-order valence-corrected chi connectivity index (χ1v) is 12.2. The number of nitro groups is 1. The highest BCUT2D eigenvalue weighted by atomic mass is 32.2. The number of carbonyl (C=O) groups is 4. The van der Waals surface area contributed by atoms with Gasteiger partial charge >= 0.3 is 10.1 Å². The zero-order chi connectivity index (χ0) is 25.7. The van der Waals surface area contributed by atoms with Crippen molar-refractivity contribution in [3.05, 3.63) is 44.3 Å². The Labute approximate surface area is 201 Å². The van der Waals surface area contributed by atoms with Crippen LogP contribution in [0, 0.1) is 10.1 Å². The molecule has 1 aliphatic heterocycles. The van der Waals surface area contributed by atoms with Crippen LogP contribution >= 0.6 is 24.4 Å². The number of nitro benzene ring substituents is 1. The molecule has 0 saturated carbocycles. The number of para-hydroxylation sites is 1. The molecule has 18 heteroatoms. The highest BCUT2D eigenvalue weighted by Gasteiger charge is 2.57. The van der Waals surface area contributed by atoms with Gasteiger partial charge in [0, 0.05) is 24.2 Å². The Morgan fingerprint density at radius 1 is 1.35 bits per heavy atom. The summed E-state index contributed by atoms with van der Waals surface area (Å²) in [7, 11) is -5.53. The maximum atomic E-state index is 13.0. The number of nitrogens with one attached hydrogen (secondary N) is 1. The first-order chi connectivity index (χ1) is 15.9. The van der Waals surface area contributed by atoms with E-state index in [0.29, 0.717) is 11.8 Å². The minimum atomic E-state index is -5.53. The second kappa shape index (κ2) is 10.8. The average Bonchev–Trinajstić information content (AvgIpc) is 3.08. The number of amides is 3. The van der Waals surface area contributed by atoms with Crippen LogP contribution in [0.4, 0.5) is 11.4 Å². The van der Waals surface area contributed by atoms with Crippen LogP contribution in [-0.2, 0) is 24.5 Å². The fourth-order valence-corrected chi connectivity index (χ4v) is 5.60. The molecule has 1 aromatic carbocycles. The molecule has 1 unspecified atom stereocenters. The summed E-state index contributed by atoms with van der Waals surface area (Å²) in [4.78, 5) is 59.7. The topological polar surface area (TPSA) is 230 Å². The van der Waals surface area contributed by atoms with Crippen molar-refractivity contribution in [2.45, 2.75) is 24.3 Å². The molecule has 1 aliphatic rings. The number of hydrogen-bond acceptors (Lipinski definition) is 11. The van der Waals surface area contributed by atoms with Gasteiger partial charge in [-0.1, -0.05) is 22.9 Å². The molecule has 3 amide bonds. The Balaban J connectivity index is 2.68. The average molecular weight is 533 g/mol. The minimum Gasteiger partial charge on any atom is -0.313 e. The van der Waals surface area contributed by atoms with Crippen LogP contribution in [0.5, 0.6) is 0 Å². The molecule has 0 bridgehead atoms. The van der Waals surface area contributed by atoms with Crippen molar-refractivity contribution in [1.82, 2.24) is 10.2 Å². The largest absolute Gasteiger partial charge is 0.313 e. The van der Waals surface area contributed by atoms with E-state index in [1.807, 2.05) is 5.32 Å². The molecule has 1 saturated heterocycles. The van der Waals surface area contributed by atoms with Crippen molar-refractivity contribution in [1.29, 1.82) is 0 Å². The summed E-state index contributed by atoms with van der Waals surface area (Å²) in [6.07, 6.45) is -1.02. The minimum absolute atomic E-state index is 0.0804. The lowest BCUT2D eigenvalue weighted by Gasteiger charge is -2.37. The van der Waals surface area contributed by atoms with Crippen LogP contribution in [0.2, 0.25) is 0 Å². The summed E-state index contributed by atoms with van der Waals surface area (Å²) in [6, 6.07) is 3.01. The highest BCUT2D eigenvalue weighted by Crippen LogP contribution is 2.34. The second-order valence-electron chi connectivity index (χ2n) is 6.59. The Kier molecular flexibility index (Phi) is 8.62. The summed E-state index contributed by atoms with van der Waals surface area (Å²) >= 11 is 4.17. The van der Waals surface area contributed by atoms with Crippen molar-refractivity contribution < 1.29 is 37.1 Å². The van der Waals surface area contributed by atoms with Crippen LogP contribution in [0.15, 0.2) is 23.3 Å². The van der Waals surface area contributed by atoms with Crippen LogP contribution in [-0.4, -0.2) is 62.1 Å². The molecule has 34 heavy (non-hydrogen) atoms. The molecule has 2 N–H and O–H groups in total. The molecule has 2 rings (SSSR count). The number of nitrogens with zero attached hydrogens (tertiary/aromatic N) is 5. The van der Waals surface area contributed by atoms with E-state index in [1.54, 1.807) is 0 Å². The molecule has 1 heterocycles. The van der Waals surface area contributed by atoms with Crippen molar-refractivity contribution in [3.63, 3.8) is 0 Å². The van der Waals surface area contributed by atoms with Crippen molar-refractivity contribution in [3.8, 4) is 0 Å². The third-order valence-electron chi connectivity index (χ3n) is 4.49. The van der Waals surface area contributed by atoms with Gasteiger partial charge in [0.25, 0.3) is 16.6 Å². The SMILES string of the molecule is [N-]=[N+]=Nc1cccc(C(=O)NC(CSC(=O)CCS)(N2C(=O)CCC2=O)S(=O)(=O)O)c1[N+](=O)[O-]. The molecule has 0 spiro atoms. The summed E-state index contributed by atoms with van der Waals surface area (Å²) in [5, 5.41) is 15.8. The summed E-state index contributed by atoms with van der Waals surface area (Å²) in [6.45, 7) is 0. The van der Waals surface area contributed by atoms with Crippen LogP contribution in [0.3, 0.4) is 0 Å². The van der Waals surface area contributed by atoms with Crippen LogP contribution < -0.4 is 5.32 Å². The van der Waals surface area contributed by atoms with Gasteiger partial charge in [0.1, 0.15) is 11.3 Å². The number of azide groups is 1. The zero-order valence-corrected chi connectivity index (χ0v) is 19.5. The first-order valence-electron chi connectivity index (χ1n) is 9.14. The number of thiol groups is 1. The number of hydrogen-bond donors (Lipinski definition) is 3. The van der Waals surface area contributed by atoms with Crippen molar-refractivity contribution in [2.75, 3.05) is 11.5 Å². The van der Waals surface area contributed by atoms with Gasteiger partial charge < -0.3 is 5.32 Å². The number of benzene rings is 1. The van der Waals surface area contributed by atoms with E-state index >= 15 is 0 Å². The Morgan fingerprint density at radius 3 is 2.47 bits per heavy atom. The van der Waals surface area contributed by atoms with Gasteiger partial charge in [-0.3, -0.25) is 33.8 Å². The zero-order valence-electron chi connectivity index (χ0n) is 17.0. The molecular weight excluding hydrogens is 516 g/mol. The second-order valence-corrected chi connectivity index (χ2v) is 9.70. The van der Waals surface area contributed by atoms with Gasteiger partial charge in [-0.15, -0.1) is 0 Å². The van der Waals surface area contributed by atoms with Gasteiger partial charge in [0.05, 0.1) is 10.7 Å². The van der Waals surface area contributed by atoms with E-state index in [0.717, 1.165) is 18.2 Å². The smallest absolute Gasteiger partial charge is 0.310 e. The summed E-state index contributed by atoms with van der Waals surface area (Å²) in [5.41, 5.74) is 6.24. The molecular formula is C16H16N6O9S3. The molecule has 1 fully saturated rings. The molecule has 15 nitrogen and oxygen atoms in total. The normalized spacial score (nSPS) is 15.4. The molecule has 0 aliphatic carbocycles. The van der Waals surface area contributed by atoms with E-state index in [2.05, 4.69) is 22.7 Å². The lowest BCUT2D eigenvalue weighted by molar-refractivity contribution is -0.384. The first kappa shape index (κ1) is 27.1. The molecule has 1 atom stereocenters. The summed E-state index contributed by atoms with van der Waals surface area (Å²) < 4.78 is 35.1. The number of thioether (sulfide) groups is 1. The van der Waals surface area contributed by atoms with E-state index in [1.165, 1.54) is 0 Å². The third-order valence-corrected chi connectivity index (χ3v) is 7.26. The molecule has 0 radical (unpaired) electrons. The predicted molar refractivity (Wildman–Crippen MR) is 121 cm³/mol. The lowest BCUT2D eigenvalue weighted by Crippen LogP contribution is -2.68. The van der Waals surface area contributed by atoms with Gasteiger partial charge in [-0.2, -0.15) is 21.0 Å². The fraction of sp³-hybridized carbons (Fsp3) is 0.375. The summed E-state index contributed by atoms with van der Waals surface area (Å²) in [5.74, 6) is -4.57. The number of rotatable bonds is 10. The Bertz CT molecular complexity index is 1200. The molecule has 0 aromatic heterocycles. The van der Waals surface area contributed by atoms with Crippen molar-refractivity contribution >= 4 is 68.7 Å². The lowest BCUT2D eigenvalue weighted by atomic mass is 10.1. The van der Waals surface area contributed by atoms with Gasteiger partial charge in [-0.25, -0.2) is 4.90 Å². The standard InChI is InChI=1S/C16H16N6O9S3/c17-20-19-10-3-1-2-9(14(10)22(27)28)15(26)18-16(34(29,30)31,8-33-13(25)6-7-32)21-11(23)4-5-12(21)24/h1-3,32H,4-8H2,(H,18,26)(H,29,30,31). The monoisotopic (exact) mass is 532 g/mol. The molecule has 1 aromatic rings. The fourth-order valence-electron chi connectivity index (χ4n) is 3.01. The van der Waals surface area contributed by atoms with E-state index in [4.69, 9.17) is 5.53 Å². The molecule has 182 valence electrons. The Hall–Kier alpha value is -3.18. The van der Waals surface area contributed by atoms with Gasteiger partial charge in [0.2, 0.25) is 11.8 Å². The van der Waals surface area contributed by atoms with Gasteiger partial charge in [-0.05, 0) is 23.4 Å². The highest BCUT2D eigenvalue weighted by molar-refractivity contribution is 8.14. The number of likely N-dealkylation sites (tertiary alicyclic amines) is 1. The maximum Gasteiger partial charge on any atom is 0.310 e. The number of carbonyl (C=O) groups excluding carboxylic acids is 4. The van der Waals surface area contributed by atoms with Crippen LogP contribution in [0.25, 0.3) is 10.4 Å². The van der Waals surface area contributed by atoms with Crippen LogP contribution in [0.1, 0.15) is 29.6 Å². The van der Waals surface area contributed by atoms with E-state index < -0.39 is 78.4 Å². The van der Waals surface area contributed by atoms with Gasteiger partial charge in [0.15, 0.2) is 5.12 Å².